The van der Waals surface area contributed by atoms with Crippen molar-refractivity contribution in [1.82, 2.24) is 15.0 Å². The van der Waals surface area contributed by atoms with E-state index in [1.807, 2.05) is 6.07 Å². The monoisotopic (exact) mass is 447 g/mol. The van der Waals surface area contributed by atoms with Crippen molar-refractivity contribution in [1.29, 1.82) is 0 Å². The van der Waals surface area contributed by atoms with Gasteiger partial charge in [-0.25, -0.2) is 10.2 Å². The minimum Gasteiger partial charge on any atom is -0.457 e. The number of carbonyl (C=O) groups is 1. The second kappa shape index (κ2) is 9.68. The number of furan rings is 1. The lowest BCUT2D eigenvalue weighted by Crippen LogP contribution is -2.25. The Morgan fingerprint density at radius 3 is 2.30 bits per heavy atom. The van der Waals surface area contributed by atoms with Crippen LogP contribution >= 0.6 is 0 Å². The number of hydrogen-bond acceptors (Lipinski definition) is 10. The Kier molecular flexibility index (Phi) is 6.14. The molecular formula is C23H25N7O3. The van der Waals surface area contributed by atoms with Gasteiger partial charge in [-0.05, 0) is 55.5 Å². The number of anilines is 3. The number of esters is 1. The fourth-order valence-corrected chi connectivity index (χ4v) is 3.90. The van der Waals surface area contributed by atoms with E-state index in [1.54, 1.807) is 36.5 Å². The van der Waals surface area contributed by atoms with Crippen molar-refractivity contribution in [2.75, 3.05) is 41.4 Å². The van der Waals surface area contributed by atoms with E-state index in [1.165, 1.54) is 6.26 Å². The largest absolute Gasteiger partial charge is 0.457 e. The molecule has 2 aliphatic rings. The predicted octanol–water partition coefficient (Wildman–Crippen LogP) is 3.33. The van der Waals surface area contributed by atoms with Gasteiger partial charge < -0.3 is 19.0 Å². The number of nitrogens with zero attached hydrogens (tertiary/aromatic N) is 6. The SMILES string of the molecule is O=C(Oc1cccc(/C=N/Nc2nc(N3CCCC3)nc(N3CCCC3)n2)c1)c1ccco1. The minimum absolute atomic E-state index is 0.146. The van der Waals surface area contributed by atoms with Gasteiger partial charge in [-0.15, -0.1) is 0 Å². The van der Waals surface area contributed by atoms with E-state index in [2.05, 4.69) is 30.3 Å². The second-order valence-electron chi connectivity index (χ2n) is 7.96. The van der Waals surface area contributed by atoms with Crippen LogP contribution in [0.3, 0.4) is 0 Å². The summed E-state index contributed by atoms with van der Waals surface area (Å²) in [6.07, 6.45) is 7.63. The summed E-state index contributed by atoms with van der Waals surface area (Å²) in [6, 6.07) is 10.2. The van der Waals surface area contributed by atoms with Gasteiger partial charge in [-0.3, -0.25) is 0 Å². The van der Waals surface area contributed by atoms with Gasteiger partial charge in [0.15, 0.2) is 0 Å². The Bertz CT molecular complexity index is 1090. The molecule has 0 aliphatic carbocycles. The molecule has 2 saturated heterocycles. The van der Waals surface area contributed by atoms with Crippen molar-refractivity contribution < 1.29 is 13.9 Å². The number of carbonyl (C=O) groups excluding carboxylic acids is 1. The first-order valence-electron chi connectivity index (χ1n) is 11.2. The van der Waals surface area contributed by atoms with E-state index in [9.17, 15) is 4.79 Å². The molecule has 10 nitrogen and oxygen atoms in total. The molecule has 0 spiro atoms. The first-order valence-corrected chi connectivity index (χ1v) is 11.2. The molecule has 3 aromatic rings. The van der Waals surface area contributed by atoms with E-state index in [0.29, 0.717) is 23.6 Å². The van der Waals surface area contributed by atoms with Gasteiger partial charge in [0, 0.05) is 26.2 Å². The molecule has 0 saturated carbocycles. The molecule has 10 heteroatoms. The smallest absolute Gasteiger partial charge is 0.379 e. The highest BCUT2D eigenvalue weighted by Crippen LogP contribution is 2.23. The molecule has 4 heterocycles. The molecule has 0 amide bonds. The van der Waals surface area contributed by atoms with Crippen LogP contribution in [0.4, 0.5) is 17.8 Å². The second-order valence-corrected chi connectivity index (χ2v) is 7.96. The molecule has 0 atom stereocenters. The van der Waals surface area contributed by atoms with Crippen molar-refractivity contribution >= 4 is 30.0 Å². The van der Waals surface area contributed by atoms with Crippen LogP contribution < -0.4 is 20.0 Å². The minimum atomic E-state index is -0.554. The van der Waals surface area contributed by atoms with E-state index < -0.39 is 5.97 Å². The van der Waals surface area contributed by atoms with Crippen LogP contribution in [0.15, 0.2) is 52.2 Å². The van der Waals surface area contributed by atoms with E-state index in [0.717, 1.165) is 57.4 Å². The van der Waals surface area contributed by atoms with Crippen LogP contribution in [-0.4, -0.2) is 53.3 Å². The quantitative estimate of drug-likeness (QED) is 0.252. The van der Waals surface area contributed by atoms with Gasteiger partial charge in [-0.1, -0.05) is 12.1 Å². The summed E-state index contributed by atoms with van der Waals surface area (Å²) >= 11 is 0. The fourth-order valence-electron chi connectivity index (χ4n) is 3.90. The lowest BCUT2D eigenvalue weighted by molar-refractivity contribution is 0.0701. The number of nitrogens with one attached hydrogen (secondary N) is 1. The summed E-state index contributed by atoms with van der Waals surface area (Å²) < 4.78 is 10.4. The summed E-state index contributed by atoms with van der Waals surface area (Å²) in [6.45, 7) is 3.82. The third-order valence-corrected chi connectivity index (χ3v) is 5.56. The number of aromatic nitrogens is 3. The molecule has 2 fully saturated rings. The number of benzene rings is 1. The van der Waals surface area contributed by atoms with Crippen molar-refractivity contribution in [3.63, 3.8) is 0 Å². The van der Waals surface area contributed by atoms with Crippen LogP contribution in [0.25, 0.3) is 0 Å². The molecule has 0 unspecified atom stereocenters. The molecular weight excluding hydrogens is 422 g/mol. The maximum atomic E-state index is 12.1. The zero-order chi connectivity index (χ0) is 22.5. The number of hydrogen-bond donors (Lipinski definition) is 1. The van der Waals surface area contributed by atoms with Crippen molar-refractivity contribution in [3.05, 3.63) is 54.0 Å². The Labute approximate surface area is 191 Å². The molecule has 33 heavy (non-hydrogen) atoms. The predicted molar refractivity (Wildman–Crippen MR) is 124 cm³/mol. The van der Waals surface area contributed by atoms with Gasteiger partial charge >= 0.3 is 5.97 Å². The molecule has 2 aliphatic heterocycles. The van der Waals surface area contributed by atoms with Crippen molar-refractivity contribution in [2.24, 2.45) is 5.10 Å². The molecule has 1 N–H and O–H groups in total. The highest BCUT2D eigenvalue weighted by molar-refractivity contribution is 5.88. The number of hydrazone groups is 1. The van der Waals surface area contributed by atoms with Crippen LogP contribution in [0.1, 0.15) is 41.8 Å². The van der Waals surface area contributed by atoms with Gasteiger partial charge in [-0.2, -0.15) is 20.1 Å². The van der Waals surface area contributed by atoms with Gasteiger partial charge in [0.25, 0.3) is 0 Å². The van der Waals surface area contributed by atoms with E-state index >= 15 is 0 Å². The van der Waals surface area contributed by atoms with Crippen LogP contribution in [0.5, 0.6) is 5.75 Å². The Hall–Kier alpha value is -3.95. The van der Waals surface area contributed by atoms with Gasteiger partial charge in [0.1, 0.15) is 5.75 Å². The van der Waals surface area contributed by atoms with Gasteiger partial charge in [0.2, 0.25) is 23.6 Å². The van der Waals surface area contributed by atoms with E-state index in [4.69, 9.17) is 14.1 Å². The molecule has 5 rings (SSSR count). The summed E-state index contributed by atoms with van der Waals surface area (Å²) in [5, 5.41) is 4.29. The van der Waals surface area contributed by atoms with Crippen LogP contribution in [-0.2, 0) is 0 Å². The first kappa shape index (κ1) is 20.9. The lowest BCUT2D eigenvalue weighted by Gasteiger charge is -2.20. The summed E-state index contributed by atoms with van der Waals surface area (Å²) in [5.41, 5.74) is 3.69. The van der Waals surface area contributed by atoms with Crippen LogP contribution in [0, 0.1) is 0 Å². The average molecular weight is 447 g/mol. The maximum absolute atomic E-state index is 12.1. The summed E-state index contributed by atoms with van der Waals surface area (Å²) in [5.74, 6) is 1.77. The zero-order valence-corrected chi connectivity index (χ0v) is 18.2. The topological polar surface area (TPSA) is 109 Å². The Morgan fingerprint density at radius 2 is 1.67 bits per heavy atom. The molecule has 2 aromatic heterocycles. The van der Waals surface area contributed by atoms with Crippen molar-refractivity contribution in [2.45, 2.75) is 25.7 Å². The lowest BCUT2D eigenvalue weighted by atomic mass is 10.2. The fraction of sp³-hybridized carbons (Fsp3) is 0.348. The van der Waals surface area contributed by atoms with Gasteiger partial charge in [0.05, 0.1) is 12.5 Å². The highest BCUT2D eigenvalue weighted by atomic mass is 16.5. The normalized spacial score (nSPS) is 16.0. The number of ether oxygens (including phenoxy) is 1. The molecule has 170 valence electrons. The van der Waals surface area contributed by atoms with Crippen LogP contribution in [0.2, 0.25) is 0 Å². The Morgan fingerprint density at radius 1 is 0.970 bits per heavy atom. The summed E-state index contributed by atoms with van der Waals surface area (Å²) in [7, 11) is 0. The number of rotatable bonds is 7. The molecule has 1 aromatic carbocycles. The zero-order valence-electron chi connectivity index (χ0n) is 18.2. The first-order chi connectivity index (χ1) is 16.2. The Balaban J connectivity index is 1.29. The molecule has 0 radical (unpaired) electrons. The molecule has 0 bridgehead atoms. The highest BCUT2D eigenvalue weighted by Gasteiger charge is 2.21. The standard InChI is InChI=1S/C23H25N7O3/c31-20(19-9-6-14-32-19)33-18-8-5-7-17(15-18)16-24-28-21-25-22(29-10-1-2-11-29)27-23(26-21)30-12-3-4-13-30/h5-9,14-16H,1-4,10-13H2,(H,25,26,27,28)/b24-16+. The maximum Gasteiger partial charge on any atom is 0.379 e. The third-order valence-electron chi connectivity index (χ3n) is 5.56. The van der Waals surface area contributed by atoms with Crippen molar-refractivity contribution in [3.8, 4) is 5.75 Å². The summed E-state index contributed by atoms with van der Waals surface area (Å²) in [4.78, 5) is 30.3. The average Bonchev–Trinajstić information content (AvgIpc) is 3.63. The third kappa shape index (κ3) is 5.11. The van der Waals surface area contributed by atoms with E-state index in [-0.39, 0.29) is 5.76 Å².